The Bertz CT molecular complexity index is 267. The Hall–Kier alpha value is -0.570. The first kappa shape index (κ1) is 11.9. The van der Waals surface area contributed by atoms with Gasteiger partial charge >= 0.3 is 0 Å². The monoisotopic (exact) mass is 225 g/mol. The smallest absolute Gasteiger partial charge is 0.223 e. The lowest BCUT2D eigenvalue weighted by molar-refractivity contribution is -0.139. The van der Waals surface area contributed by atoms with E-state index < -0.39 is 0 Å². The van der Waals surface area contributed by atoms with Gasteiger partial charge in [0.25, 0.3) is 0 Å². The highest BCUT2D eigenvalue weighted by Gasteiger charge is 2.48. The molecule has 3 heteroatoms. The standard InChI is InChI=1S/C13H23NO2/c1-2-3-4-7-13-8-5-6-12(16)14(13)10-11(15)9-13/h11,15H,2-10H2,1H3/t11?,13-/m1/s1. The number of fused-ring (bicyclic) bond motifs is 1. The molecule has 2 fully saturated rings. The van der Waals surface area contributed by atoms with Crippen molar-refractivity contribution in [2.24, 2.45) is 0 Å². The molecule has 0 saturated carbocycles. The largest absolute Gasteiger partial charge is 0.391 e. The van der Waals surface area contributed by atoms with Gasteiger partial charge in [0.1, 0.15) is 0 Å². The Morgan fingerprint density at radius 1 is 1.50 bits per heavy atom. The van der Waals surface area contributed by atoms with Crippen molar-refractivity contribution < 1.29 is 9.90 Å². The second-order valence-electron chi connectivity index (χ2n) is 5.40. The van der Waals surface area contributed by atoms with Gasteiger partial charge in [0.15, 0.2) is 0 Å². The molecule has 2 atom stereocenters. The topological polar surface area (TPSA) is 40.5 Å². The third-order valence-electron chi connectivity index (χ3n) is 4.16. The minimum atomic E-state index is -0.288. The molecule has 16 heavy (non-hydrogen) atoms. The molecule has 2 heterocycles. The molecule has 92 valence electrons. The molecular formula is C13H23NO2. The van der Waals surface area contributed by atoms with Crippen LogP contribution in [0.3, 0.4) is 0 Å². The summed E-state index contributed by atoms with van der Waals surface area (Å²) >= 11 is 0. The average Bonchev–Trinajstić information content (AvgIpc) is 2.57. The number of nitrogens with zero attached hydrogens (tertiary/aromatic N) is 1. The molecule has 1 N–H and O–H groups in total. The molecule has 0 radical (unpaired) electrons. The third kappa shape index (κ3) is 2.10. The summed E-state index contributed by atoms with van der Waals surface area (Å²) in [5.41, 5.74) is 0.0178. The van der Waals surface area contributed by atoms with Crippen molar-refractivity contribution in [1.29, 1.82) is 0 Å². The van der Waals surface area contributed by atoms with Crippen LogP contribution < -0.4 is 0 Å². The van der Waals surface area contributed by atoms with Gasteiger partial charge in [-0.2, -0.15) is 0 Å². The van der Waals surface area contributed by atoms with Gasteiger partial charge in [0.05, 0.1) is 6.10 Å². The van der Waals surface area contributed by atoms with Gasteiger partial charge in [0, 0.05) is 18.5 Å². The maximum absolute atomic E-state index is 11.9. The van der Waals surface area contributed by atoms with E-state index in [1.165, 1.54) is 19.3 Å². The zero-order valence-electron chi connectivity index (χ0n) is 10.2. The lowest BCUT2D eigenvalue weighted by atomic mass is 9.81. The van der Waals surface area contributed by atoms with E-state index in [9.17, 15) is 9.90 Å². The van der Waals surface area contributed by atoms with Gasteiger partial charge in [0.2, 0.25) is 5.91 Å². The molecule has 1 amide bonds. The SMILES string of the molecule is CCCCC[C@]12CCCC(=O)N1CC(O)C2. The van der Waals surface area contributed by atoms with Gasteiger partial charge in [-0.25, -0.2) is 0 Å². The number of aliphatic hydroxyl groups excluding tert-OH is 1. The minimum Gasteiger partial charge on any atom is -0.391 e. The average molecular weight is 225 g/mol. The normalized spacial score (nSPS) is 34.2. The van der Waals surface area contributed by atoms with Crippen LogP contribution >= 0.6 is 0 Å². The van der Waals surface area contributed by atoms with Crippen molar-refractivity contribution in [3.05, 3.63) is 0 Å². The number of aliphatic hydroxyl groups is 1. The van der Waals surface area contributed by atoms with Crippen LogP contribution in [0.25, 0.3) is 0 Å². The minimum absolute atomic E-state index is 0.0178. The molecule has 3 nitrogen and oxygen atoms in total. The van der Waals surface area contributed by atoms with E-state index in [0.717, 1.165) is 25.7 Å². The highest BCUT2D eigenvalue weighted by Crippen LogP contribution is 2.41. The number of amides is 1. The predicted molar refractivity (Wildman–Crippen MR) is 63.1 cm³/mol. The summed E-state index contributed by atoms with van der Waals surface area (Å²) in [7, 11) is 0. The molecule has 2 aliphatic rings. The van der Waals surface area contributed by atoms with Crippen LogP contribution in [0.4, 0.5) is 0 Å². The number of carbonyl (C=O) groups is 1. The van der Waals surface area contributed by atoms with Crippen molar-refractivity contribution in [3.8, 4) is 0 Å². The fraction of sp³-hybridized carbons (Fsp3) is 0.923. The molecule has 0 aromatic heterocycles. The van der Waals surface area contributed by atoms with Crippen LogP contribution in [0.5, 0.6) is 0 Å². The summed E-state index contributed by atoms with van der Waals surface area (Å²) in [6.07, 6.45) is 8.03. The summed E-state index contributed by atoms with van der Waals surface area (Å²) in [5.74, 6) is 0.263. The van der Waals surface area contributed by atoms with Crippen molar-refractivity contribution >= 4 is 5.91 Å². The molecule has 2 rings (SSSR count). The third-order valence-corrected chi connectivity index (χ3v) is 4.16. The van der Waals surface area contributed by atoms with Crippen LogP contribution in [0.1, 0.15) is 58.3 Å². The van der Waals surface area contributed by atoms with Crippen molar-refractivity contribution in [1.82, 2.24) is 4.90 Å². The zero-order valence-corrected chi connectivity index (χ0v) is 10.2. The summed E-state index contributed by atoms with van der Waals surface area (Å²) in [4.78, 5) is 13.9. The van der Waals surface area contributed by atoms with Gasteiger partial charge in [-0.1, -0.05) is 26.2 Å². The summed E-state index contributed by atoms with van der Waals surface area (Å²) in [6, 6.07) is 0. The fourth-order valence-electron chi connectivity index (χ4n) is 3.39. The summed E-state index contributed by atoms with van der Waals surface area (Å²) in [6.45, 7) is 2.77. The molecule has 2 saturated heterocycles. The molecule has 0 spiro atoms. The van der Waals surface area contributed by atoms with E-state index in [0.29, 0.717) is 13.0 Å². The van der Waals surface area contributed by atoms with Crippen LogP contribution in [0.15, 0.2) is 0 Å². The number of β-amino-alcohol motifs (C(OH)–C–C–N with tert-alkyl or cyclic N) is 1. The number of rotatable bonds is 4. The lowest BCUT2D eigenvalue weighted by Crippen LogP contribution is -2.50. The number of hydrogen-bond acceptors (Lipinski definition) is 2. The second kappa shape index (κ2) is 4.74. The van der Waals surface area contributed by atoms with Crippen molar-refractivity contribution in [2.45, 2.75) is 69.9 Å². The first-order valence-electron chi connectivity index (χ1n) is 6.66. The molecule has 0 aliphatic carbocycles. The van der Waals surface area contributed by atoms with E-state index in [1.807, 2.05) is 4.90 Å². The Morgan fingerprint density at radius 3 is 3.06 bits per heavy atom. The van der Waals surface area contributed by atoms with Gasteiger partial charge in [-0.05, 0) is 25.7 Å². The number of piperidine rings is 1. The van der Waals surface area contributed by atoms with Crippen LogP contribution in [0.2, 0.25) is 0 Å². The highest BCUT2D eigenvalue weighted by molar-refractivity contribution is 5.78. The molecule has 0 bridgehead atoms. The molecule has 0 aromatic rings. The van der Waals surface area contributed by atoms with E-state index >= 15 is 0 Å². The quantitative estimate of drug-likeness (QED) is 0.744. The first-order chi connectivity index (χ1) is 7.68. The van der Waals surface area contributed by atoms with Gasteiger partial charge < -0.3 is 10.0 Å². The molecule has 1 unspecified atom stereocenters. The molecule has 2 aliphatic heterocycles. The second-order valence-corrected chi connectivity index (χ2v) is 5.40. The maximum Gasteiger partial charge on any atom is 0.223 e. The van der Waals surface area contributed by atoms with Crippen molar-refractivity contribution in [2.75, 3.05) is 6.54 Å². The summed E-state index contributed by atoms with van der Waals surface area (Å²) < 4.78 is 0. The van der Waals surface area contributed by atoms with Gasteiger partial charge in [-0.3, -0.25) is 4.79 Å². The van der Waals surface area contributed by atoms with E-state index in [4.69, 9.17) is 0 Å². The number of hydrogen-bond donors (Lipinski definition) is 1. The first-order valence-corrected chi connectivity index (χ1v) is 6.66. The molecular weight excluding hydrogens is 202 g/mol. The van der Waals surface area contributed by atoms with Crippen LogP contribution in [0, 0.1) is 0 Å². The molecule has 0 aromatic carbocycles. The van der Waals surface area contributed by atoms with E-state index in [2.05, 4.69) is 6.92 Å². The van der Waals surface area contributed by atoms with E-state index in [1.54, 1.807) is 0 Å². The number of carbonyl (C=O) groups excluding carboxylic acids is 1. The summed E-state index contributed by atoms with van der Waals surface area (Å²) in [5, 5.41) is 9.81. The van der Waals surface area contributed by atoms with Crippen LogP contribution in [-0.4, -0.2) is 34.1 Å². The fourth-order valence-corrected chi connectivity index (χ4v) is 3.39. The zero-order chi connectivity index (χ0) is 11.6. The predicted octanol–water partition coefficient (Wildman–Crippen LogP) is 2.08. The van der Waals surface area contributed by atoms with Crippen LogP contribution in [-0.2, 0) is 4.79 Å². The number of unbranched alkanes of at least 4 members (excludes halogenated alkanes) is 2. The Morgan fingerprint density at radius 2 is 2.31 bits per heavy atom. The van der Waals surface area contributed by atoms with Crippen molar-refractivity contribution in [3.63, 3.8) is 0 Å². The van der Waals surface area contributed by atoms with Gasteiger partial charge in [-0.15, -0.1) is 0 Å². The Labute approximate surface area is 97.8 Å². The van der Waals surface area contributed by atoms with E-state index in [-0.39, 0.29) is 17.6 Å². The maximum atomic E-state index is 11.9. The Balaban J connectivity index is 2.05. The highest BCUT2D eigenvalue weighted by atomic mass is 16.3. The lowest BCUT2D eigenvalue weighted by Gasteiger charge is -2.42. The Kier molecular flexibility index (Phi) is 3.53.